The van der Waals surface area contributed by atoms with Crippen LogP contribution in [0.3, 0.4) is 0 Å². The second kappa shape index (κ2) is 6.95. The highest BCUT2D eigenvalue weighted by Gasteiger charge is 2.30. The molecule has 1 saturated heterocycles. The number of amides is 2. The summed E-state index contributed by atoms with van der Waals surface area (Å²) in [7, 11) is 0. The summed E-state index contributed by atoms with van der Waals surface area (Å²) in [6, 6.07) is 1.75. The number of hydrogen-bond donors (Lipinski definition) is 2. The monoisotopic (exact) mass is 361 g/mol. The number of H-pyrrole nitrogens is 1. The molecule has 1 fully saturated rings. The SMILES string of the molecule is Cc1nc(C(=O)NC2CCN(C(=O)c3cc(C(C)C)[nH]n3)C2)sc1C. The smallest absolute Gasteiger partial charge is 0.280 e. The fourth-order valence-electron chi connectivity index (χ4n) is 2.78. The predicted octanol–water partition coefficient (Wildman–Crippen LogP) is 2.25. The summed E-state index contributed by atoms with van der Waals surface area (Å²) in [5, 5.41) is 10.5. The van der Waals surface area contributed by atoms with Crippen LogP contribution in [-0.2, 0) is 0 Å². The van der Waals surface area contributed by atoms with Gasteiger partial charge in [-0.2, -0.15) is 5.10 Å². The van der Waals surface area contributed by atoms with Crippen molar-refractivity contribution in [2.24, 2.45) is 0 Å². The minimum absolute atomic E-state index is 0.0514. The first-order valence-electron chi connectivity index (χ1n) is 8.44. The Morgan fingerprint density at radius 3 is 2.76 bits per heavy atom. The molecule has 0 aromatic carbocycles. The number of aromatic nitrogens is 3. The molecule has 3 heterocycles. The van der Waals surface area contributed by atoms with Gasteiger partial charge in [-0.3, -0.25) is 14.7 Å². The van der Waals surface area contributed by atoms with Crippen LogP contribution in [0.25, 0.3) is 0 Å². The minimum atomic E-state index is -0.164. The van der Waals surface area contributed by atoms with E-state index >= 15 is 0 Å². The predicted molar refractivity (Wildman–Crippen MR) is 96.0 cm³/mol. The van der Waals surface area contributed by atoms with E-state index in [-0.39, 0.29) is 17.9 Å². The van der Waals surface area contributed by atoms with Gasteiger partial charge in [-0.25, -0.2) is 4.98 Å². The van der Waals surface area contributed by atoms with E-state index < -0.39 is 0 Å². The van der Waals surface area contributed by atoms with Crippen LogP contribution in [0, 0.1) is 13.8 Å². The van der Waals surface area contributed by atoms with Crippen LogP contribution in [0.1, 0.15) is 62.7 Å². The molecule has 3 rings (SSSR count). The molecule has 134 valence electrons. The summed E-state index contributed by atoms with van der Waals surface area (Å²) in [5.74, 6) is 0.0353. The first kappa shape index (κ1) is 17.6. The van der Waals surface area contributed by atoms with Crippen molar-refractivity contribution in [2.75, 3.05) is 13.1 Å². The Hall–Kier alpha value is -2.22. The fourth-order valence-corrected chi connectivity index (χ4v) is 3.60. The molecule has 2 aromatic rings. The van der Waals surface area contributed by atoms with Crippen LogP contribution in [0.15, 0.2) is 6.07 Å². The van der Waals surface area contributed by atoms with Gasteiger partial charge in [-0.05, 0) is 32.3 Å². The quantitative estimate of drug-likeness (QED) is 0.874. The zero-order valence-electron chi connectivity index (χ0n) is 14.9. The molecule has 1 atom stereocenters. The number of hydrogen-bond acceptors (Lipinski definition) is 5. The van der Waals surface area contributed by atoms with Crippen LogP contribution in [-0.4, -0.2) is 51.0 Å². The van der Waals surface area contributed by atoms with E-state index in [1.807, 2.05) is 27.7 Å². The molecule has 1 unspecified atom stereocenters. The summed E-state index contributed by atoms with van der Waals surface area (Å²) in [4.78, 5) is 31.9. The van der Waals surface area contributed by atoms with Crippen molar-refractivity contribution in [3.8, 4) is 0 Å². The summed E-state index contributed by atoms with van der Waals surface area (Å²) in [6.07, 6.45) is 0.738. The van der Waals surface area contributed by atoms with Gasteiger partial charge < -0.3 is 10.2 Å². The van der Waals surface area contributed by atoms with Gasteiger partial charge in [0.15, 0.2) is 5.01 Å². The molecule has 2 N–H and O–H groups in total. The molecule has 25 heavy (non-hydrogen) atoms. The Labute approximate surface area is 150 Å². The van der Waals surface area contributed by atoms with E-state index in [0.29, 0.717) is 29.7 Å². The number of aromatic amines is 1. The topological polar surface area (TPSA) is 91.0 Å². The number of aryl methyl sites for hydroxylation is 2. The lowest BCUT2D eigenvalue weighted by molar-refractivity contribution is 0.0777. The van der Waals surface area contributed by atoms with Gasteiger partial charge in [-0.1, -0.05) is 13.8 Å². The van der Waals surface area contributed by atoms with Gasteiger partial charge in [0.25, 0.3) is 11.8 Å². The normalized spacial score (nSPS) is 17.3. The summed E-state index contributed by atoms with van der Waals surface area (Å²) in [6.45, 7) is 9.06. The van der Waals surface area contributed by atoms with Gasteiger partial charge in [0.1, 0.15) is 5.69 Å². The van der Waals surface area contributed by atoms with Crippen LogP contribution in [0.5, 0.6) is 0 Å². The van der Waals surface area contributed by atoms with Gasteiger partial charge in [0.05, 0.1) is 5.69 Å². The van der Waals surface area contributed by atoms with Crippen molar-refractivity contribution < 1.29 is 9.59 Å². The summed E-state index contributed by atoms with van der Waals surface area (Å²) in [5.41, 5.74) is 2.27. The Kier molecular flexibility index (Phi) is 4.89. The van der Waals surface area contributed by atoms with Crippen molar-refractivity contribution in [1.82, 2.24) is 25.4 Å². The molecule has 7 nitrogen and oxygen atoms in total. The molecule has 2 aromatic heterocycles. The van der Waals surface area contributed by atoms with E-state index in [4.69, 9.17) is 0 Å². The van der Waals surface area contributed by atoms with Gasteiger partial charge in [0.2, 0.25) is 0 Å². The van der Waals surface area contributed by atoms with Crippen LogP contribution < -0.4 is 5.32 Å². The zero-order valence-corrected chi connectivity index (χ0v) is 15.7. The van der Waals surface area contributed by atoms with Crippen molar-refractivity contribution in [1.29, 1.82) is 0 Å². The van der Waals surface area contributed by atoms with Gasteiger partial charge in [0, 0.05) is 29.7 Å². The first-order valence-corrected chi connectivity index (χ1v) is 9.26. The highest BCUT2D eigenvalue weighted by molar-refractivity contribution is 7.13. The minimum Gasteiger partial charge on any atom is -0.345 e. The van der Waals surface area contributed by atoms with E-state index in [1.54, 1.807) is 11.0 Å². The Balaban J connectivity index is 1.59. The Morgan fingerprint density at radius 1 is 1.40 bits per heavy atom. The third-order valence-electron chi connectivity index (χ3n) is 4.47. The standard InChI is InChI=1S/C17H23N5O2S/c1-9(2)13-7-14(21-20-13)17(24)22-6-5-12(8-22)19-15(23)16-18-10(3)11(4)25-16/h7,9,12H,5-6,8H2,1-4H3,(H,19,23)(H,20,21). The first-order chi connectivity index (χ1) is 11.8. The Bertz CT molecular complexity index is 775. The number of likely N-dealkylation sites (tertiary alicyclic amines) is 1. The van der Waals surface area contributed by atoms with Gasteiger partial charge in [-0.15, -0.1) is 11.3 Å². The third-order valence-corrected chi connectivity index (χ3v) is 5.54. The number of carbonyl (C=O) groups is 2. The van der Waals surface area contributed by atoms with Crippen LogP contribution in [0.2, 0.25) is 0 Å². The molecule has 2 amide bonds. The third kappa shape index (κ3) is 3.73. The van der Waals surface area contributed by atoms with Crippen molar-refractivity contribution >= 4 is 23.2 Å². The average Bonchev–Trinajstić information content (AvgIpc) is 3.28. The number of thiazole rings is 1. The van der Waals surface area contributed by atoms with Crippen molar-refractivity contribution in [3.63, 3.8) is 0 Å². The van der Waals surface area contributed by atoms with Crippen LogP contribution >= 0.6 is 11.3 Å². The van der Waals surface area contributed by atoms with Crippen molar-refractivity contribution in [2.45, 2.75) is 46.1 Å². The second-order valence-electron chi connectivity index (χ2n) is 6.73. The number of nitrogens with zero attached hydrogens (tertiary/aromatic N) is 3. The maximum atomic E-state index is 12.6. The van der Waals surface area contributed by atoms with E-state index in [0.717, 1.165) is 22.7 Å². The zero-order chi connectivity index (χ0) is 18.1. The summed E-state index contributed by atoms with van der Waals surface area (Å²) >= 11 is 1.40. The molecule has 0 aliphatic carbocycles. The lowest BCUT2D eigenvalue weighted by Gasteiger charge is -2.15. The highest BCUT2D eigenvalue weighted by Crippen LogP contribution is 2.19. The lowest BCUT2D eigenvalue weighted by atomic mass is 10.1. The van der Waals surface area contributed by atoms with Gasteiger partial charge >= 0.3 is 0 Å². The Morgan fingerprint density at radius 2 is 2.16 bits per heavy atom. The number of rotatable bonds is 4. The maximum Gasteiger partial charge on any atom is 0.280 e. The largest absolute Gasteiger partial charge is 0.345 e. The molecule has 0 spiro atoms. The second-order valence-corrected chi connectivity index (χ2v) is 7.94. The summed E-state index contributed by atoms with van der Waals surface area (Å²) < 4.78 is 0. The number of nitrogens with one attached hydrogen (secondary N) is 2. The molecule has 8 heteroatoms. The van der Waals surface area contributed by atoms with Crippen LogP contribution in [0.4, 0.5) is 0 Å². The molecule has 0 bridgehead atoms. The molecular formula is C17H23N5O2S. The lowest BCUT2D eigenvalue weighted by Crippen LogP contribution is -2.38. The van der Waals surface area contributed by atoms with Crippen molar-refractivity contribution in [3.05, 3.63) is 33.0 Å². The number of carbonyl (C=O) groups excluding carboxylic acids is 2. The molecule has 0 radical (unpaired) electrons. The van der Waals surface area contributed by atoms with E-state index in [2.05, 4.69) is 20.5 Å². The average molecular weight is 361 g/mol. The fraction of sp³-hybridized carbons (Fsp3) is 0.529. The van der Waals surface area contributed by atoms with E-state index in [9.17, 15) is 9.59 Å². The molecule has 0 saturated carbocycles. The molecular weight excluding hydrogens is 338 g/mol. The van der Waals surface area contributed by atoms with E-state index in [1.165, 1.54) is 11.3 Å². The highest BCUT2D eigenvalue weighted by atomic mass is 32.1. The molecule has 1 aliphatic rings. The molecule has 1 aliphatic heterocycles. The maximum absolute atomic E-state index is 12.6.